The fourth-order valence-electron chi connectivity index (χ4n) is 3.65. The van der Waals surface area contributed by atoms with Crippen molar-refractivity contribution in [1.29, 1.82) is 5.26 Å². The minimum absolute atomic E-state index is 0.381. The molecule has 3 rings (SSSR count). The first-order chi connectivity index (χ1) is 14.7. The molecular weight excluding hydrogens is 386 g/mol. The molecule has 2 aromatic rings. The third-order valence-corrected chi connectivity index (χ3v) is 5.55. The van der Waals surface area contributed by atoms with E-state index in [4.69, 9.17) is 15.7 Å². The second kappa shape index (κ2) is 11.4. The maximum absolute atomic E-state index is 10.9. The smallest absolute Gasteiger partial charge is 0.312 e. The Morgan fingerprint density at radius 1 is 1.13 bits per heavy atom. The number of rotatable bonds is 5. The van der Waals surface area contributed by atoms with Crippen LogP contribution in [0.5, 0.6) is 5.75 Å². The summed E-state index contributed by atoms with van der Waals surface area (Å²) in [5.41, 5.74) is 7.74. The molecule has 0 radical (unpaired) electrons. The van der Waals surface area contributed by atoms with E-state index in [0.717, 1.165) is 11.3 Å². The van der Waals surface area contributed by atoms with Crippen LogP contribution in [-0.2, 0) is 5.54 Å². The second-order valence-electron chi connectivity index (χ2n) is 8.91. The Bertz CT molecular complexity index is 876. The van der Waals surface area contributed by atoms with Crippen LogP contribution in [0.2, 0.25) is 0 Å². The summed E-state index contributed by atoms with van der Waals surface area (Å²) in [7, 11) is 0. The highest BCUT2D eigenvalue weighted by Gasteiger charge is 2.22. The van der Waals surface area contributed by atoms with Crippen molar-refractivity contribution in [3.05, 3.63) is 65.2 Å². The average molecular weight is 422 g/mol. The largest absolute Gasteiger partial charge is 0.490 e. The summed E-state index contributed by atoms with van der Waals surface area (Å²) in [6.07, 6.45) is 6.61. The number of carbonyl (C=O) groups excluding carboxylic acids is 1. The maximum Gasteiger partial charge on any atom is 0.312 e. The number of hydrogen-bond donors (Lipinski definition) is 2. The maximum atomic E-state index is 10.9. The van der Waals surface area contributed by atoms with Gasteiger partial charge >= 0.3 is 6.03 Å². The third kappa shape index (κ3) is 7.97. The summed E-state index contributed by atoms with van der Waals surface area (Å²) in [5, 5.41) is 11.4. The number of hydrogen-bond acceptors (Lipinski definition) is 3. The van der Waals surface area contributed by atoms with Crippen LogP contribution >= 0.6 is 0 Å². The van der Waals surface area contributed by atoms with Crippen molar-refractivity contribution in [1.82, 2.24) is 5.32 Å². The summed E-state index contributed by atoms with van der Waals surface area (Å²) < 4.78 is 5.85. The van der Waals surface area contributed by atoms with Gasteiger partial charge in [0.05, 0.1) is 23.3 Å². The van der Waals surface area contributed by atoms with Gasteiger partial charge in [-0.1, -0.05) is 44.5 Å². The zero-order valence-electron chi connectivity index (χ0n) is 19.2. The average Bonchev–Trinajstić information content (AvgIpc) is 2.75. The molecule has 5 nitrogen and oxygen atoms in total. The molecule has 166 valence electrons. The van der Waals surface area contributed by atoms with Crippen molar-refractivity contribution in [3.63, 3.8) is 0 Å². The van der Waals surface area contributed by atoms with Crippen LogP contribution in [0.15, 0.2) is 48.5 Å². The van der Waals surface area contributed by atoms with Crippen molar-refractivity contribution in [3.8, 4) is 11.8 Å². The van der Waals surface area contributed by atoms with Crippen LogP contribution in [0, 0.1) is 11.3 Å². The fourth-order valence-corrected chi connectivity index (χ4v) is 3.65. The summed E-state index contributed by atoms with van der Waals surface area (Å²) in [4.78, 5) is 10.9. The summed E-state index contributed by atoms with van der Waals surface area (Å²) >= 11 is 0. The first-order valence-corrected chi connectivity index (χ1v) is 11.1. The highest BCUT2D eigenvalue weighted by Crippen LogP contribution is 2.24. The summed E-state index contributed by atoms with van der Waals surface area (Å²) in [6.45, 7) is 8.18. The van der Waals surface area contributed by atoms with Crippen molar-refractivity contribution in [2.24, 2.45) is 5.73 Å². The standard InChI is InChI=1S/C13H20N2O.C13H15NO/c1-9(2)10-6-5-7-11(8-10)13(3,4)15-12(14)16;14-10-11-6-8-13(9-7-11)15-12-4-2-1-3-5-12/h5-9H,1-4H3,(H3,14,15,16);6-9,12H,1-5H2. The molecule has 1 fully saturated rings. The molecule has 0 aromatic heterocycles. The lowest BCUT2D eigenvalue weighted by atomic mass is 9.90. The predicted molar refractivity (Wildman–Crippen MR) is 125 cm³/mol. The normalized spacial score (nSPS) is 14.2. The van der Waals surface area contributed by atoms with Crippen LogP contribution in [0.1, 0.15) is 82.4 Å². The summed E-state index contributed by atoms with van der Waals surface area (Å²) in [5.74, 6) is 1.37. The molecule has 0 heterocycles. The number of amides is 2. The second-order valence-corrected chi connectivity index (χ2v) is 8.91. The minimum atomic E-state index is -0.500. The highest BCUT2D eigenvalue weighted by molar-refractivity contribution is 5.72. The SMILES string of the molecule is CC(C)c1cccc(C(C)(C)NC(N)=O)c1.N#Cc1ccc(OC2CCCCC2)cc1. The first-order valence-electron chi connectivity index (χ1n) is 11.1. The van der Waals surface area contributed by atoms with Crippen molar-refractivity contribution < 1.29 is 9.53 Å². The van der Waals surface area contributed by atoms with Gasteiger partial charge in [-0.25, -0.2) is 4.79 Å². The molecule has 31 heavy (non-hydrogen) atoms. The fraction of sp³-hybridized carbons (Fsp3) is 0.462. The van der Waals surface area contributed by atoms with Gasteiger partial charge in [0, 0.05) is 0 Å². The van der Waals surface area contributed by atoms with E-state index in [1.54, 1.807) is 12.1 Å². The summed E-state index contributed by atoms with van der Waals surface area (Å²) in [6, 6.07) is 17.2. The molecule has 3 N–H and O–H groups in total. The van der Waals surface area contributed by atoms with Gasteiger partial charge in [0.1, 0.15) is 5.75 Å². The Morgan fingerprint density at radius 2 is 1.77 bits per heavy atom. The van der Waals surface area contributed by atoms with E-state index in [2.05, 4.69) is 37.4 Å². The molecule has 1 aliphatic carbocycles. The topological polar surface area (TPSA) is 88.1 Å². The zero-order valence-corrected chi connectivity index (χ0v) is 19.2. The highest BCUT2D eigenvalue weighted by atomic mass is 16.5. The molecule has 5 heteroatoms. The van der Waals surface area contributed by atoms with E-state index in [1.165, 1.54) is 37.7 Å². The van der Waals surface area contributed by atoms with Gasteiger partial charge in [0.2, 0.25) is 0 Å². The number of carbonyl (C=O) groups is 1. The Balaban J connectivity index is 0.000000220. The number of nitrogens with two attached hydrogens (primary N) is 1. The van der Waals surface area contributed by atoms with E-state index >= 15 is 0 Å². The van der Waals surface area contributed by atoms with Crippen molar-refractivity contribution in [2.75, 3.05) is 0 Å². The van der Waals surface area contributed by atoms with E-state index in [9.17, 15) is 4.79 Å². The van der Waals surface area contributed by atoms with Crippen molar-refractivity contribution in [2.45, 2.75) is 77.4 Å². The Kier molecular flexibility index (Phi) is 8.93. The Hall–Kier alpha value is -3.00. The molecule has 2 aromatic carbocycles. The molecular formula is C26H35N3O2. The van der Waals surface area contributed by atoms with Gasteiger partial charge in [-0.3, -0.25) is 0 Å². The molecule has 1 saturated carbocycles. The van der Waals surface area contributed by atoms with Crippen LogP contribution in [0.4, 0.5) is 4.79 Å². The zero-order chi connectivity index (χ0) is 22.9. The van der Waals surface area contributed by atoms with Gasteiger partial charge in [-0.05, 0) is 80.8 Å². The lowest BCUT2D eigenvalue weighted by Crippen LogP contribution is -2.43. The number of nitrogens with zero attached hydrogens (tertiary/aromatic N) is 1. The first kappa shape index (κ1) is 24.3. The van der Waals surface area contributed by atoms with Gasteiger partial charge in [0.15, 0.2) is 0 Å². The number of nitrogens with one attached hydrogen (secondary N) is 1. The lowest BCUT2D eigenvalue weighted by Gasteiger charge is -2.26. The quantitative estimate of drug-likeness (QED) is 0.622. The Labute approximate surface area is 186 Å². The van der Waals surface area contributed by atoms with Crippen molar-refractivity contribution >= 4 is 6.03 Å². The third-order valence-electron chi connectivity index (χ3n) is 5.55. The van der Waals surface area contributed by atoms with Gasteiger partial charge in [-0.2, -0.15) is 5.26 Å². The van der Waals surface area contributed by atoms with Gasteiger partial charge in [-0.15, -0.1) is 0 Å². The molecule has 0 spiro atoms. The van der Waals surface area contributed by atoms with Crippen LogP contribution in [0.3, 0.4) is 0 Å². The van der Waals surface area contributed by atoms with E-state index in [0.29, 0.717) is 17.6 Å². The number of nitriles is 1. The molecule has 0 aliphatic heterocycles. The number of benzene rings is 2. The Morgan fingerprint density at radius 3 is 2.32 bits per heavy atom. The molecule has 0 saturated heterocycles. The van der Waals surface area contributed by atoms with Gasteiger partial charge < -0.3 is 15.8 Å². The van der Waals surface area contributed by atoms with Crippen LogP contribution in [0.25, 0.3) is 0 Å². The van der Waals surface area contributed by atoms with Gasteiger partial charge in [0.25, 0.3) is 0 Å². The van der Waals surface area contributed by atoms with E-state index < -0.39 is 11.6 Å². The lowest BCUT2D eigenvalue weighted by molar-refractivity contribution is 0.155. The monoisotopic (exact) mass is 421 g/mol. The molecule has 2 amide bonds. The molecule has 0 unspecified atom stereocenters. The van der Waals surface area contributed by atoms with E-state index in [-0.39, 0.29) is 0 Å². The minimum Gasteiger partial charge on any atom is -0.490 e. The number of primary amides is 1. The molecule has 1 aliphatic rings. The van der Waals surface area contributed by atoms with Crippen LogP contribution in [-0.4, -0.2) is 12.1 Å². The number of ether oxygens (including phenoxy) is 1. The predicted octanol–water partition coefficient (Wildman–Crippen LogP) is 5.98. The molecule has 0 bridgehead atoms. The van der Waals surface area contributed by atoms with E-state index in [1.807, 2.05) is 38.1 Å². The number of urea groups is 1. The van der Waals surface area contributed by atoms with Crippen LogP contribution < -0.4 is 15.8 Å². The molecule has 0 atom stereocenters.